The van der Waals surface area contributed by atoms with Crippen molar-refractivity contribution in [3.63, 3.8) is 0 Å². The van der Waals surface area contributed by atoms with E-state index in [1.165, 1.54) is 25.5 Å². The zero-order chi connectivity index (χ0) is 30.9. The molecule has 0 unspecified atom stereocenters. The van der Waals surface area contributed by atoms with Crippen molar-refractivity contribution in [3.05, 3.63) is 46.8 Å². The fourth-order valence-electron chi connectivity index (χ4n) is 4.65. The number of fused-ring (bicyclic) bond motifs is 1. The molecule has 0 saturated carbocycles. The van der Waals surface area contributed by atoms with Crippen LogP contribution in [0.4, 0.5) is 42.1 Å². The van der Waals surface area contributed by atoms with E-state index in [1.54, 1.807) is 18.2 Å². The third-order valence-corrected chi connectivity index (χ3v) is 9.38. The molecule has 4 rings (SSSR count). The molecule has 1 saturated heterocycles. The van der Waals surface area contributed by atoms with Gasteiger partial charge in [-0.05, 0) is 62.0 Å². The molecule has 228 valence electrons. The van der Waals surface area contributed by atoms with Crippen LogP contribution < -0.4 is 20.7 Å². The number of nitrogens with one attached hydrogen (secondary N) is 2. The number of rotatable bonds is 7. The first-order chi connectivity index (χ1) is 19.5. The normalized spacial score (nSPS) is 18.4. The summed E-state index contributed by atoms with van der Waals surface area (Å²) in [5, 5.41) is 6.40. The van der Waals surface area contributed by atoms with Gasteiger partial charge < -0.3 is 24.8 Å². The Hall–Kier alpha value is -2.94. The van der Waals surface area contributed by atoms with E-state index in [1.807, 2.05) is 11.9 Å². The maximum atomic E-state index is 14.7. The second-order valence-electron chi connectivity index (χ2n) is 10.4. The number of halogens is 7. The molecule has 2 heterocycles. The highest BCUT2D eigenvalue weighted by Gasteiger charge is 2.34. The lowest BCUT2D eigenvalue weighted by Gasteiger charge is -2.33. The summed E-state index contributed by atoms with van der Waals surface area (Å²) >= 11 is 1.04. The lowest BCUT2D eigenvalue weighted by molar-refractivity contribution is -0.274. The summed E-state index contributed by atoms with van der Waals surface area (Å²) in [4.78, 5) is 2.02. The third kappa shape index (κ3) is 8.33. The van der Waals surface area contributed by atoms with Gasteiger partial charge in [-0.1, -0.05) is 24.0 Å². The summed E-state index contributed by atoms with van der Waals surface area (Å²) < 4.78 is 111. The van der Waals surface area contributed by atoms with Crippen LogP contribution in [0.1, 0.15) is 16.9 Å². The van der Waals surface area contributed by atoms with Gasteiger partial charge in [0.15, 0.2) is 5.75 Å². The maximum absolute atomic E-state index is 14.7. The second kappa shape index (κ2) is 12.3. The number of piperidine rings is 1. The smallest absolute Gasteiger partial charge is 0.404 e. The second-order valence-corrected chi connectivity index (χ2v) is 14.7. The van der Waals surface area contributed by atoms with Gasteiger partial charge in [0.1, 0.15) is 13.3 Å². The molecule has 2 aromatic carbocycles. The molecule has 14 heteroatoms. The fraction of sp³-hybridized carbons (Fsp3) is 0.429. The van der Waals surface area contributed by atoms with Crippen LogP contribution >= 0.6 is 18.5 Å². The van der Waals surface area contributed by atoms with Crippen LogP contribution in [0.15, 0.2) is 36.4 Å². The van der Waals surface area contributed by atoms with Crippen molar-refractivity contribution in [2.75, 3.05) is 50.6 Å². The summed E-state index contributed by atoms with van der Waals surface area (Å²) in [6.07, 6.45) is -11.4. The molecule has 5 nitrogen and oxygen atoms in total. The predicted octanol–water partition coefficient (Wildman–Crippen LogP) is 7.07. The molecule has 2 N–H and O–H groups in total. The summed E-state index contributed by atoms with van der Waals surface area (Å²) in [6, 6.07) is 8.10. The van der Waals surface area contributed by atoms with Gasteiger partial charge in [-0.15, -0.1) is 24.5 Å². The molecule has 0 radical (unpaired) electrons. The highest BCUT2D eigenvalue weighted by Crippen LogP contribution is 2.40. The average Bonchev–Trinajstić information content (AvgIpc) is 3.19. The summed E-state index contributed by atoms with van der Waals surface area (Å²) in [5.74, 6) is 4.83. The molecule has 0 spiro atoms. The monoisotopic (exact) mass is 635 g/mol. The van der Waals surface area contributed by atoms with Gasteiger partial charge in [-0.2, -0.15) is 13.2 Å². The quantitative estimate of drug-likeness (QED) is 0.165. The minimum absolute atomic E-state index is 0.0223. The van der Waals surface area contributed by atoms with Gasteiger partial charge in [-0.25, -0.2) is 4.39 Å². The van der Waals surface area contributed by atoms with Gasteiger partial charge in [0, 0.05) is 18.4 Å². The van der Waals surface area contributed by atoms with Crippen molar-refractivity contribution in [1.29, 1.82) is 0 Å². The Balaban J connectivity index is 1.62. The van der Waals surface area contributed by atoms with Gasteiger partial charge in [-0.3, -0.25) is 0 Å². The van der Waals surface area contributed by atoms with Crippen molar-refractivity contribution >= 4 is 45.2 Å². The number of hydrogen-bond acceptors (Lipinski definition) is 6. The first kappa shape index (κ1) is 32.0. The molecule has 0 aliphatic carbocycles. The molecule has 3 aromatic rings. The third-order valence-electron chi connectivity index (χ3n) is 6.66. The Morgan fingerprint density at radius 2 is 1.86 bits per heavy atom. The van der Waals surface area contributed by atoms with Crippen LogP contribution in [-0.4, -0.2) is 69.7 Å². The van der Waals surface area contributed by atoms with Gasteiger partial charge in [0.25, 0.3) is 0 Å². The van der Waals surface area contributed by atoms with Crippen LogP contribution in [0.5, 0.6) is 5.75 Å². The molecular weight excluding hydrogens is 606 g/mol. The summed E-state index contributed by atoms with van der Waals surface area (Å²) in [7, 11) is -1.06. The Kier molecular flexibility index (Phi) is 9.40. The summed E-state index contributed by atoms with van der Waals surface area (Å²) in [5.41, 5.74) is 0.421. The van der Waals surface area contributed by atoms with E-state index in [0.29, 0.717) is 28.7 Å². The van der Waals surface area contributed by atoms with Crippen molar-refractivity contribution in [1.82, 2.24) is 4.90 Å². The number of alkyl halides is 7. The van der Waals surface area contributed by atoms with E-state index in [4.69, 9.17) is 0 Å². The van der Waals surface area contributed by atoms with E-state index in [-0.39, 0.29) is 34.5 Å². The Morgan fingerprint density at radius 1 is 1.12 bits per heavy atom. The topological polar surface area (TPSA) is 53.6 Å². The number of thiophene rings is 1. The van der Waals surface area contributed by atoms with Crippen LogP contribution in [0.3, 0.4) is 0 Å². The Labute approximate surface area is 242 Å². The number of anilines is 2. The standard InChI is InChI=1S/C28H29F7N3O2PS/c1-38-13-11-21(20(29)16-38)37-23-7-4-6-18-19(15-27(30,31)32)25(42-26(18)23)8-5-12-36-22-10-9-17(41(2,3)39)14-24(22)40-28(33,34)35/h4,6-7,9-10,14,20-21,36-37H,11-13,15-16H2,1-3H3/t20-,21-/m1/s1. The van der Waals surface area contributed by atoms with E-state index in [9.17, 15) is 35.3 Å². The van der Waals surface area contributed by atoms with Crippen molar-refractivity contribution in [2.24, 2.45) is 0 Å². The molecule has 0 bridgehead atoms. The Morgan fingerprint density at radius 3 is 2.50 bits per heavy atom. The van der Waals surface area contributed by atoms with Gasteiger partial charge >= 0.3 is 12.5 Å². The van der Waals surface area contributed by atoms with Crippen LogP contribution in [0, 0.1) is 11.8 Å². The first-order valence-corrected chi connectivity index (χ1v) is 16.3. The number of nitrogens with zero attached hydrogens (tertiary/aromatic N) is 1. The SMILES string of the molecule is CN1CC[C@@H](Nc2cccc3c(CC(F)(F)F)c(C#CCNc4ccc(P(C)(C)=O)cc4OC(F)(F)F)sc23)[C@H](F)C1. The van der Waals surface area contributed by atoms with Gasteiger partial charge in [0.2, 0.25) is 0 Å². The van der Waals surface area contributed by atoms with Crippen LogP contribution in [-0.2, 0) is 11.0 Å². The largest absolute Gasteiger partial charge is 0.573 e. The zero-order valence-electron chi connectivity index (χ0n) is 22.9. The van der Waals surface area contributed by atoms with Gasteiger partial charge in [0.05, 0.1) is 40.0 Å². The number of hydrogen-bond donors (Lipinski definition) is 2. The number of ether oxygens (including phenoxy) is 1. The number of benzene rings is 2. The van der Waals surface area contributed by atoms with Crippen molar-refractivity contribution in [3.8, 4) is 17.6 Å². The fourth-order valence-corrected chi connectivity index (χ4v) is 6.68. The average molecular weight is 636 g/mol. The molecule has 1 aliphatic rings. The maximum Gasteiger partial charge on any atom is 0.573 e. The first-order valence-electron chi connectivity index (χ1n) is 12.9. The Bertz CT molecular complexity index is 1540. The molecule has 1 aromatic heterocycles. The highest BCUT2D eigenvalue weighted by molar-refractivity contribution is 7.70. The molecule has 1 aliphatic heterocycles. The minimum atomic E-state index is -5.00. The summed E-state index contributed by atoms with van der Waals surface area (Å²) in [6.45, 7) is 3.53. The lowest BCUT2D eigenvalue weighted by atomic mass is 10.0. The van der Waals surface area contributed by atoms with E-state index in [0.717, 1.165) is 17.4 Å². The van der Waals surface area contributed by atoms with Crippen molar-refractivity contribution in [2.45, 2.75) is 37.6 Å². The minimum Gasteiger partial charge on any atom is -0.404 e. The zero-order valence-corrected chi connectivity index (χ0v) is 24.6. The molecular formula is C28H29F7N3O2PS. The number of likely N-dealkylation sites (tertiary alicyclic amines) is 1. The van der Waals surface area contributed by atoms with Crippen LogP contribution in [0.25, 0.3) is 10.1 Å². The predicted molar refractivity (Wildman–Crippen MR) is 154 cm³/mol. The van der Waals surface area contributed by atoms with E-state index in [2.05, 4.69) is 27.2 Å². The molecule has 0 amide bonds. The highest BCUT2D eigenvalue weighted by atomic mass is 32.1. The lowest BCUT2D eigenvalue weighted by Crippen LogP contribution is -2.46. The van der Waals surface area contributed by atoms with Crippen LogP contribution in [0.2, 0.25) is 0 Å². The molecule has 2 atom stereocenters. The molecule has 42 heavy (non-hydrogen) atoms. The van der Waals surface area contributed by atoms with E-state index >= 15 is 0 Å². The molecule has 1 fully saturated rings. The van der Waals surface area contributed by atoms with E-state index < -0.39 is 44.1 Å². The van der Waals surface area contributed by atoms with Crippen molar-refractivity contribution < 1.29 is 40.0 Å².